The van der Waals surface area contributed by atoms with Gasteiger partial charge in [-0.3, -0.25) is 0 Å². The van der Waals surface area contributed by atoms with E-state index in [-0.39, 0.29) is 90.6 Å². The smallest absolute Gasteiger partial charge is 0.185 e. The van der Waals surface area contributed by atoms with E-state index in [0.717, 1.165) is 41.5 Å². The van der Waals surface area contributed by atoms with Crippen LogP contribution < -0.4 is 0 Å². The molecule has 4 heterocycles. The molecule has 4 aliphatic rings. The molecule has 0 saturated carbocycles. The number of ether oxygens (including phenoxy) is 12. The fraction of sp³-hybridized carbons (Fsp3) is 0.606. The van der Waals surface area contributed by atoms with Crippen molar-refractivity contribution in [1.29, 1.82) is 0 Å². The Morgan fingerprint density at radius 3 is 1.18 bits per heavy atom. The third-order valence-electron chi connectivity index (χ3n) is 17.6. The van der Waals surface area contributed by atoms with E-state index in [4.69, 9.17) is 56.8 Å². The largest absolute Gasteiger partial charge is 0.374 e. The Labute approximate surface area is 467 Å². The van der Waals surface area contributed by atoms with Crippen LogP contribution in [0.25, 0.3) is 0 Å². The molecule has 8 rings (SSSR count). The van der Waals surface area contributed by atoms with Crippen LogP contribution in [0.1, 0.15) is 104 Å². The topological polar surface area (TPSA) is 111 Å². The third-order valence-corrected chi connectivity index (χ3v) is 17.6. The average Bonchev–Trinajstić information content (AvgIpc) is 3.53. The van der Waals surface area contributed by atoms with Crippen LogP contribution >= 0.6 is 0 Å². The molecule has 12 heteroatoms. The van der Waals surface area contributed by atoms with Crippen LogP contribution in [0.15, 0.2) is 134 Å². The van der Waals surface area contributed by atoms with Crippen LogP contribution in [0.3, 0.4) is 0 Å². The van der Waals surface area contributed by atoms with Crippen molar-refractivity contribution in [3.05, 3.63) is 156 Å². The molecule has 4 fully saturated rings. The standard InChI is InChI=1S/C66H92O12/c1-11-13-26-35-69-63-59(70-38-53-31-22-16-23-32-53)47(7)45(5)58(75-63)42-72-64-61(50(10)46(6)56(74-64)40-67-36-51-27-18-14-19-28-51)77-66-62(49(9)43(3)55(12-2)73-66)78-65-60(71-39-54-33-24-17-25-34-54)48(8)44(4)57(76-65)41-68-37-52-29-20-15-21-30-52/h11,14-25,27-34,43-50,55-66H,1,12-13,26,35-42H2,2-10H3/t43-,44-,45-,46-,47-,48-,49-,50-,55?,56?,57?,58?,59?,60?,61?,62?,63-,64-,65+,66+/m0/s1. The molecule has 4 aromatic rings. The minimum atomic E-state index is -0.800. The Kier molecular flexibility index (Phi) is 23.4. The van der Waals surface area contributed by atoms with Crippen molar-refractivity contribution in [3.63, 3.8) is 0 Å². The normalized spacial score (nSPS) is 35.3. The second-order valence-electron chi connectivity index (χ2n) is 22.8. The first kappa shape index (κ1) is 60.2. The predicted octanol–water partition coefficient (Wildman–Crippen LogP) is 12.8. The fourth-order valence-electron chi connectivity index (χ4n) is 11.6. The van der Waals surface area contributed by atoms with Crippen molar-refractivity contribution in [1.82, 2.24) is 0 Å². The van der Waals surface area contributed by atoms with E-state index in [1.54, 1.807) is 0 Å². The van der Waals surface area contributed by atoms with Gasteiger partial charge in [-0.15, -0.1) is 6.58 Å². The van der Waals surface area contributed by atoms with Crippen LogP contribution in [-0.2, 0) is 83.3 Å². The highest BCUT2D eigenvalue weighted by molar-refractivity contribution is 5.16. The van der Waals surface area contributed by atoms with Gasteiger partial charge in [0, 0.05) is 0 Å². The molecule has 0 N–H and O–H groups in total. The van der Waals surface area contributed by atoms with E-state index in [1.807, 2.05) is 78.9 Å². The predicted molar refractivity (Wildman–Crippen MR) is 302 cm³/mol. The van der Waals surface area contributed by atoms with Gasteiger partial charge in [-0.2, -0.15) is 0 Å². The summed E-state index contributed by atoms with van der Waals surface area (Å²) in [5, 5.41) is 0. The van der Waals surface area contributed by atoms with Gasteiger partial charge in [0.05, 0.1) is 77.3 Å². The van der Waals surface area contributed by atoms with Gasteiger partial charge in [0.15, 0.2) is 25.2 Å². The van der Waals surface area contributed by atoms with Gasteiger partial charge in [0.25, 0.3) is 0 Å². The zero-order valence-corrected chi connectivity index (χ0v) is 48.1. The van der Waals surface area contributed by atoms with Gasteiger partial charge in [-0.1, -0.05) is 190 Å². The number of hydrogen-bond donors (Lipinski definition) is 0. The van der Waals surface area contributed by atoms with Crippen molar-refractivity contribution < 1.29 is 56.8 Å². The average molecular weight is 1080 g/mol. The van der Waals surface area contributed by atoms with E-state index >= 15 is 0 Å². The Balaban J connectivity index is 1.04. The third kappa shape index (κ3) is 16.0. The molecule has 0 bridgehead atoms. The summed E-state index contributed by atoms with van der Waals surface area (Å²) in [6.45, 7) is 27.3. The van der Waals surface area contributed by atoms with Gasteiger partial charge in [-0.25, -0.2) is 0 Å². The number of unbranched alkanes of at least 4 members (excludes halogenated alkanes) is 1. The van der Waals surface area contributed by atoms with E-state index in [2.05, 4.69) is 117 Å². The maximum Gasteiger partial charge on any atom is 0.185 e. The second kappa shape index (κ2) is 30.3. The molecule has 0 spiro atoms. The van der Waals surface area contributed by atoms with Crippen LogP contribution in [0.5, 0.6) is 0 Å². The Morgan fingerprint density at radius 1 is 0.385 bits per heavy atom. The van der Waals surface area contributed by atoms with E-state index in [1.165, 1.54) is 0 Å². The molecule has 20 atom stereocenters. The van der Waals surface area contributed by atoms with Crippen LogP contribution in [0.4, 0.5) is 0 Å². The summed E-state index contributed by atoms with van der Waals surface area (Å²) in [5.41, 5.74) is 4.40. The monoisotopic (exact) mass is 1080 g/mol. The molecule has 0 aromatic heterocycles. The summed E-state index contributed by atoms with van der Waals surface area (Å²) in [6.07, 6.45) is -1.21. The van der Waals surface area contributed by atoms with E-state index in [0.29, 0.717) is 46.2 Å². The highest BCUT2D eigenvalue weighted by atomic mass is 16.8. The second-order valence-corrected chi connectivity index (χ2v) is 22.8. The molecule has 0 radical (unpaired) electrons. The van der Waals surface area contributed by atoms with Crippen molar-refractivity contribution >= 4 is 0 Å². The quantitative estimate of drug-likeness (QED) is 0.0419. The lowest BCUT2D eigenvalue weighted by Crippen LogP contribution is -2.60. The van der Waals surface area contributed by atoms with Gasteiger partial charge in [-0.05, 0) is 88.9 Å². The minimum absolute atomic E-state index is 0.0173. The SMILES string of the molecule is C=CCCCO[C@H]1OC(CO[C@H]2OC(COCc3ccccc3)[C@@H](C)[C@H](C)C2O[C@H]2OC(CC)[C@@H](C)[C@H](C)C2O[C@H]2OC(COCc3ccccc3)[C@@H](C)[C@H](C)C2OCc2ccccc2)[C@@H](C)[C@H](C)C1OCc1ccccc1. The summed E-state index contributed by atoms with van der Waals surface area (Å²) in [7, 11) is 0. The zero-order chi connectivity index (χ0) is 55.0. The van der Waals surface area contributed by atoms with Crippen LogP contribution in [0, 0.1) is 47.3 Å². The Bertz CT molecular complexity index is 2290. The molecule has 12 nitrogen and oxygen atoms in total. The molecule has 78 heavy (non-hydrogen) atoms. The Morgan fingerprint density at radius 2 is 0.731 bits per heavy atom. The van der Waals surface area contributed by atoms with E-state index < -0.39 is 37.4 Å². The lowest BCUT2D eigenvalue weighted by molar-refractivity contribution is -0.380. The van der Waals surface area contributed by atoms with Crippen LogP contribution in [-0.4, -0.2) is 100 Å². The van der Waals surface area contributed by atoms with Gasteiger partial charge in [0.1, 0.15) is 24.4 Å². The number of hydrogen-bond acceptors (Lipinski definition) is 12. The molecule has 0 aliphatic carbocycles. The maximum atomic E-state index is 7.43. The maximum absolute atomic E-state index is 7.43. The van der Waals surface area contributed by atoms with Gasteiger partial charge >= 0.3 is 0 Å². The summed E-state index contributed by atoms with van der Waals surface area (Å²) >= 11 is 0. The lowest BCUT2D eigenvalue weighted by atomic mass is 9.81. The van der Waals surface area contributed by atoms with Crippen molar-refractivity contribution in [2.75, 3.05) is 26.4 Å². The van der Waals surface area contributed by atoms with E-state index in [9.17, 15) is 0 Å². The molecule has 0 amide bonds. The van der Waals surface area contributed by atoms with Crippen molar-refractivity contribution in [2.45, 2.75) is 182 Å². The molecule has 4 saturated heterocycles. The molecule has 428 valence electrons. The number of rotatable bonds is 27. The molecular weight excluding hydrogens is 985 g/mol. The Hall–Kier alpha value is -3.86. The molecule has 4 aromatic carbocycles. The molecule has 4 aliphatic heterocycles. The first-order chi connectivity index (χ1) is 37.9. The number of allylic oxidation sites excluding steroid dienone is 1. The summed E-state index contributed by atoms with van der Waals surface area (Å²) in [5.74, 6) is 0.488. The van der Waals surface area contributed by atoms with Gasteiger partial charge < -0.3 is 56.8 Å². The van der Waals surface area contributed by atoms with Crippen LogP contribution in [0.2, 0.25) is 0 Å². The highest BCUT2D eigenvalue weighted by Gasteiger charge is 2.52. The highest BCUT2D eigenvalue weighted by Crippen LogP contribution is 2.43. The molecule has 8 unspecified atom stereocenters. The summed E-state index contributed by atoms with van der Waals surface area (Å²) < 4.78 is 82.8. The van der Waals surface area contributed by atoms with Crippen molar-refractivity contribution in [2.24, 2.45) is 47.3 Å². The van der Waals surface area contributed by atoms with Gasteiger partial charge in [0.2, 0.25) is 0 Å². The summed E-state index contributed by atoms with van der Waals surface area (Å²) in [6, 6.07) is 41.0. The first-order valence-corrected chi connectivity index (χ1v) is 29.2. The summed E-state index contributed by atoms with van der Waals surface area (Å²) in [4.78, 5) is 0. The fourth-order valence-corrected chi connectivity index (χ4v) is 11.6. The van der Waals surface area contributed by atoms with Crippen molar-refractivity contribution in [3.8, 4) is 0 Å². The lowest BCUT2D eigenvalue weighted by Gasteiger charge is -2.51. The minimum Gasteiger partial charge on any atom is -0.374 e. The first-order valence-electron chi connectivity index (χ1n) is 29.2. The molecular formula is C66H92O12. The number of benzene rings is 4. The zero-order valence-electron chi connectivity index (χ0n) is 48.1.